The molecule has 0 spiro atoms. The molecule has 3 aliphatic rings. The fourth-order valence-corrected chi connectivity index (χ4v) is 9.41. The quantitative estimate of drug-likeness (QED) is 0.183. The van der Waals surface area contributed by atoms with Crippen LogP contribution in [0.4, 0.5) is 13.2 Å². The summed E-state index contributed by atoms with van der Waals surface area (Å²) < 4.78 is 72.4. The van der Waals surface area contributed by atoms with Crippen LogP contribution in [0, 0.1) is 11.7 Å². The zero-order valence-electron chi connectivity index (χ0n) is 27.3. The lowest BCUT2D eigenvalue weighted by Crippen LogP contribution is -2.39. The third-order valence-electron chi connectivity index (χ3n) is 10.1. The highest BCUT2D eigenvalue weighted by atomic mass is 35.5. The molecule has 2 aromatic heterocycles. The number of halogens is 4. The van der Waals surface area contributed by atoms with Crippen LogP contribution in [-0.4, -0.2) is 57.2 Å². The molecule has 7 rings (SSSR count). The van der Waals surface area contributed by atoms with Crippen LogP contribution >= 0.6 is 22.9 Å². The third-order valence-corrected chi connectivity index (χ3v) is 12.8. The number of nitrogens with one attached hydrogen (secondary N) is 1. The molecule has 2 atom stereocenters. The number of rotatable bonds is 9. The second kappa shape index (κ2) is 13.5. The molecule has 2 aliphatic heterocycles. The molecule has 1 saturated heterocycles. The number of aliphatic imine (C=N–C) groups is 1. The molecule has 0 radical (unpaired) electrons. The van der Waals surface area contributed by atoms with Crippen LogP contribution in [0.2, 0.25) is 5.02 Å². The van der Waals surface area contributed by atoms with Gasteiger partial charge in [0.05, 0.1) is 16.2 Å². The first kappa shape index (κ1) is 34.9. The summed E-state index contributed by atoms with van der Waals surface area (Å²) in [6.07, 6.45) is 6.05. The maximum atomic E-state index is 14.1. The minimum atomic E-state index is -3.98. The number of aromatic nitrogens is 3. The summed E-state index contributed by atoms with van der Waals surface area (Å²) in [6, 6.07) is 10.8. The highest BCUT2D eigenvalue weighted by Gasteiger charge is 2.42. The van der Waals surface area contributed by atoms with Crippen LogP contribution in [0.25, 0.3) is 5.57 Å². The maximum Gasteiger partial charge on any atom is 0.333 e. The molecule has 1 saturated carbocycles. The molecule has 50 heavy (non-hydrogen) atoms. The average Bonchev–Trinajstić information content (AvgIpc) is 3.86. The van der Waals surface area contributed by atoms with Crippen molar-refractivity contribution in [2.24, 2.45) is 10.9 Å². The predicted molar refractivity (Wildman–Crippen MR) is 186 cm³/mol. The number of fused-ring (bicyclic) bond motifs is 1. The second-order valence-corrected chi connectivity index (χ2v) is 16.4. The number of aliphatic hydroxyl groups is 1. The number of benzene rings is 2. The van der Waals surface area contributed by atoms with Crippen LogP contribution < -0.4 is 4.72 Å². The first-order valence-electron chi connectivity index (χ1n) is 16.4. The first-order chi connectivity index (χ1) is 23.8. The highest BCUT2D eigenvalue weighted by molar-refractivity contribution is 7.89. The van der Waals surface area contributed by atoms with E-state index in [1.165, 1.54) is 35.6 Å². The van der Waals surface area contributed by atoms with E-state index >= 15 is 0 Å². The Kier molecular flexibility index (Phi) is 9.44. The molecule has 0 bridgehead atoms. The number of nitrogens with zero attached hydrogens (tertiary/aromatic N) is 5. The zero-order valence-corrected chi connectivity index (χ0v) is 29.7. The van der Waals surface area contributed by atoms with Crippen molar-refractivity contribution in [2.75, 3.05) is 6.54 Å². The normalized spacial score (nSPS) is 24.3. The molecule has 2 N–H and O–H groups in total. The van der Waals surface area contributed by atoms with Gasteiger partial charge in [0, 0.05) is 58.6 Å². The molecule has 2 fully saturated rings. The summed E-state index contributed by atoms with van der Waals surface area (Å²) in [6.45, 7) is 1.38. The number of alkyl halides is 2. The minimum Gasteiger partial charge on any atom is -0.390 e. The summed E-state index contributed by atoms with van der Waals surface area (Å²) in [5, 5.41) is 17.5. The third kappa shape index (κ3) is 6.63. The maximum absolute atomic E-state index is 14.1. The van der Waals surface area contributed by atoms with Crippen molar-refractivity contribution in [2.45, 2.75) is 81.0 Å². The predicted octanol–water partition coefficient (Wildman–Crippen LogP) is 7.54. The van der Waals surface area contributed by atoms with E-state index in [-0.39, 0.29) is 40.4 Å². The van der Waals surface area contributed by atoms with Gasteiger partial charge < -0.3 is 10.0 Å². The van der Waals surface area contributed by atoms with Gasteiger partial charge >= 0.3 is 6.55 Å². The van der Waals surface area contributed by atoms with Gasteiger partial charge in [-0.05, 0) is 73.4 Å². The number of hydrogen-bond acceptors (Lipinski definition) is 8. The Morgan fingerprint density at radius 1 is 1.10 bits per heavy atom. The molecule has 15 heteroatoms. The Morgan fingerprint density at radius 2 is 1.84 bits per heavy atom. The van der Waals surface area contributed by atoms with Gasteiger partial charge in [-0.25, -0.2) is 27.2 Å². The smallest absolute Gasteiger partial charge is 0.333 e. The van der Waals surface area contributed by atoms with E-state index in [4.69, 9.17) is 16.6 Å². The Labute approximate surface area is 297 Å². The van der Waals surface area contributed by atoms with Gasteiger partial charge in [-0.2, -0.15) is 13.9 Å². The summed E-state index contributed by atoms with van der Waals surface area (Å²) in [7, 11) is -3.98. The zero-order chi connectivity index (χ0) is 35.4. The summed E-state index contributed by atoms with van der Waals surface area (Å²) in [5.41, 5.74) is 2.11. The molecule has 4 aromatic rings. The fourth-order valence-electron chi connectivity index (χ4n) is 7.27. The fraction of sp³-hybridized carbons (Fsp3) is 0.400. The van der Waals surface area contributed by atoms with Crippen molar-refractivity contribution >= 4 is 44.4 Å². The van der Waals surface area contributed by atoms with Crippen LogP contribution in [-0.2, 0) is 10.0 Å². The number of hydrogen-bond donors (Lipinski definition) is 2. The topological polar surface area (TPSA) is 113 Å². The van der Waals surface area contributed by atoms with Crippen LogP contribution in [0.1, 0.15) is 86.3 Å². The van der Waals surface area contributed by atoms with Gasteiger partial charge in [0.25, 0.3) is 0 Å². The largest absolute Gasteiger partial charge is 0.390 e. The van der Waals surface area contributed by atoms with Gasteiger partial charge in [0.2, 0.25) is 10.0 Å². The Bertz CT molecular complexity index is 2040. The summed E-state index contributed by atoms with van der Waals surface area (Å²) in [4.78, 5) is 11.4. The van der Waals surface area contributed by atoms with Crippen molar-refractivity contribution in [1.82, 2.24) is 24.4 Å². The number of sulfonamides is 1. The van der Waals surface area contributed by atoms with Gasteiger partial charge in [0.1, 0.15) is 11.9 Å². The molecular weight excluding hydrogens is 709 g/mol. The molecular formula is C35H36ClF3N6O3S2. The standard InChI is InChI=1S/C35H36ClF3N6O3S2/c1-20(2)35(46)12-9-22(10-13-35)21-3-6-25(7-4-21)50(47,48)43-24-18-29-30(28-11-15-45(42-28)34(38)39)31(26-8-5-23(37)17-27(26)36)41-32(44(29)19-24)33-40-14-16-49-33/h3-8,11,14-17,20,22,24,31,34,43,46H,9-10,12-13,18-19H2,1-2H3/t22-,24-,31-,35+/m0/s1. The number of amidine groups is 1. The van der Waals surface area contributed by atoms with E-state index in [2.05, 4.69) is 14.8 Å². The lowest BCUT2D eigenvalue weighted by Gasteiger charge is -2.39. The monoisotopic (exact) mass is 744 g/mol. The molecule has 9 nitrogen and oxygen atoms in total. The van der Waals surface area contributed by atoms with Gasteiger partial charge in [-0.3, -0.25) is 4.99 Å². The van der Waals surface area contributed by atoms with Crippen LogP contribution in [0.3, 0.4) is 0 Å². The van der Waals surface area contributed by atoms with E-state index in [0.29, 0.717) is 45.2 Å². The van der Waals surface area contributed by atoms with E-state index in [9.17, 15) is 26.7 Å². The van der Waals surface area contributed by atoms with Gasteiger partial charge in [0.15, 0.2) is 10.8 Å². The Balaban J connectivity index is 1.20. The second-order valence-electron chi connectivity index (χ2n) is 13.4. The summed E-state index contributed by atoms with van der Waals surface area (Å²) in [5.74, 6) is 0.335. The average molecular weight is 745 g/mol. The van der Waals surface area contributed by atoms with Crippen molar-refractivity contribution in [3.8, 4) is 0 Å². The highest BCUT2D eigenvalue weighted by Crippen LogP contribution is 2.47. The minimum absolute atomic E-state index is 0.0969. The van der Waals surface area contributed by atoms with Gasteiger partial charge in [-0.1, -0.05) is 43.6 Å². The van der Waals surface area contributed by atoms with Gasteiger partial charge in [-0.15, -0.1) is 11.3 Å². The van der Waals surface area contributed by atoms with Crippen LogP contribution in [0.15, 0.2) is 81.9 Å². The van der Waals surface area contributed by atoms with E-state index < -0.39 is 40.1 Å². The SMILES string of the molecule is CC(C)[C@]1(O)CC[C@@H](c2ccc(S(=O)(=O)N[C@H]3CC4=C(c5ccn(C(F)F)n5)[C@H](c5ccc(F)cc5Cl)N=C(c5nccs5)N4C3)cc2)CC1. The van der Waals surface area contributed by atoms with Crippen molar-refractivity contribution in [1.29, 1.82) is 0 Å². The molecule has 4 heterocycles. The lowest BCUT2D eigenvalue weighted by molar-refractivity contribution is -0.0409. The molecule has 0 amide bonds. The Morgan fingerprint density at radius 3 is 2.46 bits per heavy atom. The molecule has 2 aromatic carbocycles. The Hall–Kier alpha value is -3.56. The van der Waals surface area contributed by atoms with E-state index in [0.717, 1.165) is 24.6 Å². The van der Waals surface area contributed by atoms with E-state index in [1.807, 2.05) is 30.9 Å². The summed E-state index contributed by atoms with van der Waals surface area (Å²) >= 11 is 7.89. The lowest BCUT2D eigenvalue weighted by atomic mass is 9.71. The van der Waals surface area contributed by atoms with Crippen molar-refractivity contribution in [3.63, 3.8) is 0 Å². The van der Waals surface area contributed by atoms with E-state index in [1.54, 1.807) is 23.7 Å². The molecule has 264 valence electrons. The van der Waals surface area contributed by atoms with Crippen molar-refractivity contribution in [3.05, 3.63) is 105 Å². The number of thiazole rings is 1. The molecule has 0 unspecified atom stereocenters. The first-order valence-corrected chi connectivity index (χ1v) is 19.2. The molecule has 1 aliphatic carbocycles. The van der Waals surface area contributed by atoms with Crippen molar-refractivity contribution < 1.29 is 26.7 Å². The van der Waals surface area contributed by atoms with Crippen LogP contribution in [0.5, 0.6) is 0 Å².